The molecule has 2 aliphatic heterocycles. The number of rotatable bonds is 2. The lowest BCUT2D eigenvalue weighted by Gasteiger charge is -2.41. The zero-order chi connectivity index (χ0) is 11.0. The summed E-state index contributed by atoms with van der Waals surface area (Å²) in [5.74, 6) is 0.920. The predicted molar refractivity (Wildman–Crippen MR) is 69.2 cm³/mol. The number of nitrogens with zero attached hydrogens (tertiary/aromatic N) is 1. The van der Waals surface area contributed by atoms with Crippen molar-refractivity contribution in [3.05, 3.63) is 23.8 Å². The zero-order valence-electron chi connectivity index (χ0n) is 10.00. The fourth-order valence-corrected chi connectivity index (χ4v) is 2.68. The van der Waals surface area contributed by atoms with Gasteiger partial charge in [0.15, 0.2) is 0 Å². The third kappa shape index (κ3) is 1.66. The largest absolute Gasteiger partial charge is 0.385 e. The number of fused-ring (bicyclic) bond motifs is 1. The summed E-state index contributed by atoms with van der Waals surface area (Å²) in [4.78, 5) is 2.49. The second-order valence-corrected chi connectivity index (χ2v) is 5.05. The first-order chi connectivity index (χ1) is 7.86. The summed E-state index contributed by atoms with van der Waals surface area (Å²) in [5.41, 5.74) is 4.25. The van der Waals surface area contributed by atoms with Crippen molar-refractivity contribution >= 4 is 11.4 Å². The van der Waals surface area contributed by atoms with Gasteiger partial charge >= 0.3 is 0 Å². The van der Waals surface area contributed by atoms with Crippen molar-refractivity contribution in [2.75, 3.05) is 29.9 Å². The van der Waals surface area contributed by atoms with Crippen LogP contribution in [-0.4, -0.2) is 19.6 Å². The Bertz CT molecular complexity index is 380. The van der Waals surface area contributed by atoms with Gasteiger partial charge in [-0.15, -0.1) is 0 Å². The van der Waals surface area contributed by atoms with E-state index in [1.165, 1.54) is 49.3 Å². The molecule has 1 aromatic rings. The maximum atomic E-state index is 3.50. The topological polar surface area (TPSA) is 15.3 Å². The fourth-order valence-electron chi connectivity index (χ4n) is 2.68. The Morgan fingerprint density at radius 3 is 3.06 bits per heavy atom. The number of hydrogen-bond donors (Lipinski definition) is 1. The molecule has 3 rings (SSSR count). The fraction of sp³-hybridized carbons (Fsp3) is 0.571. The summed E-state index contributed by atoms with van der Waals surface area (Å²) < 4.78 is 0. The molecule has 0 radical (unpaired) electrons. The Labute approximate surface area is 97.6 Å². The van der Waals surface area contributed by atoms with Crippen LogP contribution in [0.1, 0.15) is 25.3 Å². The third-order valence-electron chi connectivity index (χ3n) is 3.93. The van der Waals surface area contributed by atoms with Crippen LogP contribution in [-0.2, 0) is 6.42 Å². The van der Waals surface area contributed by atoms with Gasteiger partial charge in [0.1, 0.15) is 0 Å². The lowest BCUT2D eigenvalue weighted by atomic mass is 9.95. The van der Waals surface area contributed by atoms with Crippen molar-refractivity contribution < 1.29 is 0 Å². The molecule has 0 unspecified atom stereocenters. The Hall–Kier alpha value is -1.18. The van der Waals surface area contributed by atoms with Crippen LogP contribution in [0.2, 0.25) is 0 Å². The molecule has 0 bridgehead atoms. The summed E-state index contributed by atoms with van der Waals surface area (Å²) in [6.45, 7) is 5.91. The molecule has 0 aliphatic carbocycles. The number of anilines is 2. The maximum Gasteiger partial charge on any atom is 0.0393 e. The van der Waals surface area contributed by atoms with Crippen LogP contribution in [0, 0.1) is 5.92 Å². The molecule has 1 saturated heterocycles. The highest BCUT2D eigenvalue weighted by molar-refractivity contribution is 5.64. The van der Waals surface area contributed by atoms with Crippen molar-refractivity contribution in [2.24, 2.45) is 5.92 Å². The standard InChI is InChI=1S/C14H20N2/c1-2-11-9-16(10-11)13-6-5-12-4-3-7-15-14(12)8-13/h5-6,8,11,15H,2-4,7,9-10H2,1H3. The van der Waals surface area contributed by atoms with Crippen LogP contribution >= 0.6 is 0 Å². The highest BCUT2D eigenvalue weighted by Crippen LogP contribution is 2.31. The van der Waals surface area contributed by atoms with Gasteiger partial charge in [-0.2, -0.15) is 0 Å². The lowest BCUT2D eigenvalue weighted by Crippen LogP contribution is -2.46. The molecule has 1 N–H and O–H groups in total. The summed E-state index contributed by atoms with van der Waals surface area (Å²) in [6.07, 6.45) is 3.83. The molecule has 0 aromatic heterocycles. The Kier molecular flexibility index (Phi) is 2.50. The molecule has 2 heterocycles. The SMILES string of the molecule is CCC1CN(c2ccc3c(c2)NCCC3)C1. The van der Waals surface area contributed by atoms with Crippen molar-refractivity contribution in [1.29, 1.82) is 0 Å². The molecule has 2 nitrogen and oxygen atoms in total. The summed E-state index contributed by atoms with van der Waals surface area (Å²) in [7, 11) is 0. The first-order valence-corrected chi connectivity index (χ1v) is 6.48. The smallest absolute Gasteiger partial charge is 0.0393 e. The molecule has 0 amide bonds. The van der Waals surface area contributed by atoms with E-state index in [2.05, 4.69) is 35.3 Å². The van der Waals surface area contributed by atoms with E-state index < -0.39 is 0 Å². The van der Waals surface area contributed by atoms with Crippen LogP contribution in [0.4, 0.5) is 11.4 Å². The van der Waals surface area contributed by atoms with Gasteiger partial charge in [0, 0.05) is 31.0 Å². The third-order valence-corrected chi connectivity index (χ3v) is 3.93. The van der Waals surface area contributed by atoms with E-state index in [1.54, 1.807) is 0 Å². The van der Waals surface area contributed by atoms with Crippen LogP contribution in [0.15, 0.2) is 18.2 Å². The van der Waals surface area contributed by atoms with Crippen LogP contribution in [0.25, 0.3) is 0 Å². The van der Waals surface area contributed by atoms with E-state index in [9.17, 15) is 0 Å². The van der Waals surface area contributed by atoms with E-state index >= 15 is 0 Å². The maximum absolute atomic E-state index is 3.50. The molecule has 2 aliphatic rings. The van der Waals surface area contributed by atoms with Crippen molar-refractivity contribution in [3.63, 3.8) is 0 Å². The summed E-state index contributed by atoms with van der Waals surface area (Å²) >= 11 is 0. The number of aryl methyl sites for hydroxylation is 1. The first-order valence-electron chi connectivity index (χ1n) is 6.48. The minimum Gasteiger partial charge on any atom is -0.385 e. The van der Waals surface area contributed by atoms with Crippen molar-refractivity contribution in [3.8, 4) is 0 Å². The Morgan fingerprint density at radius 1 is 1.38 bits per heavy atom. The monoisotopic (exact) mass is 216 g/mol. The minimum atomic E-state index is 0.920. The van der Waals surface area contributed by atoms with Gasteiger partial charge in [-0.25, -0.2) is 0 Å². The molecule has 0 saturated carbocycles. The molecule has 2 heteroatoms. The van der Waals surface area contributed by atoms with Gasteiger partial charge in [0.25, 0.3) is 0 Å². The minimum absolute atomic E-state index is 0.920. The first kappa shape index (κ1) is 10.0. The molecule has 0 spiro atoms. The van der Waals surface area contributed by atoms with Crippen LogP contribution < -0.4 is 10.2 Å². The Morgan fingerprint density at radius 2 is 2.25 bits per heavy atom. The van der Waals surface area contributed by atoms with E-state index in [0.29, 0.717) is 0 Å². The molecule has 1 aromatic carbocycles. The summed E-state index contributed by atoms with van der Waals surface area (Å²) in [5, 5.41) is 3.50. The van der Waals surface area contributed by atoms with E-state index in [-0.39, 0.29) is 0 Å². The molecule has 16 heavy (non-hydrogen) atoms. The van der Waals surface area contributed by atoms with Crippen LogP contribution in [0.3, 0.4) is 0 Å². The van der Waals surface area contributed by atoms with Gasteiger partial charge in [-0.05, 0) is 42.9 Å². The number of hydrogen-bond acceptors (Lipinski definition) is 2. The average Bonchev–Trinajstić information content (AvgIpc) is 2.27. The van der Waals surface area contributed by atoms with E-state index in [1.807, 2.05) is 0 Å². The normalized spacial score (nSPS) is 19.9. The van der Waals surface area contributed by atoms with E-state index in [4.69, 9.17) is 0 Å². The van der Waals surface area contributed by atoms with Crippen molar-refractivity contribution in [1.82, 2.24) is 0 Å². The van der Waals surface area contributed by atoms with Gasteiger partial charge in [-0.3, -0.25) is 0 Å². The molecule has 1 fully saturated rings. The summed E-state index contributed by atoms with van der Waals surface area (Å²) in [6, 6.07) is 6.92. The zero-order valence-corrected chi connectivity index (χ0v) is 10.00. The molecule has 0 atom stereocenters. The van der Waals surface area contributed by atoms with Gasteiger partial charge < -0.3 is 10.2 Å². The van der Waals surface area contributed by atoms with Crippen molar-refractivity contribution in [2.45, 2.75) is 26.2 Å². The van der Waals surface area contributed by atoms with Gasteiger partial charge in [0.2, 0.25) is 0 Å². The number of benzene rings is 1. The number of nitrogens with one attached hydrogen (secondary N) is 1. The Balaban J connectivity index is 1.76. The average molecular weight is 216 g/mol. The highest BCUT2D eigenvalue weighted by Gasteiger charge is 2.25. The van der Waals surface area contributed by atoms with Crippen LogP contribution in [0.5, 0.6) is 0 Å². The highest BCUT2D eigenvalue weighted by atomic mass is 15.2. The van der Waals surface area contributed by atoms with Gasteiger partial charge in [0.05, 0.1) is 0 Å². The second kappa shape index (κ2) is 4.00. The predicted octanol–water partition coefficient (Wildman–Crippen LogP) is 2.89. The molecule has 86 valence electrons. The second-order valence-electron chi connectivity index (χ2n) is 5.05. The van der Waals surface area contributed by atoms with E-state index in [0.717, 1.165) is 12.5 Å². The molecular formula is C14H20N2. The quantitative estimate of drug-likeness (QED) is 0.817. The van der Waals surface area contributed by atoms with Gasteiger partial charge in [-0.1, -0.05) is 13.0 Å². The lowest BCUT2D eigenvalue weighted by molar-refractivity contribution is 0.399. The molecular weight excluding hydrogens is 196 g/mol.